The summed E-state index contributed by atoms with van der Waals surface area (Å²) in [6.07, 6.45) is 1.41. The number of fused-ring (bicyclic) bond motifs is 1. The third kappa shape index (κ3) is 3.53. The number of hydrogen-bond donors (Lipinski definition) is 1. The second-order valence-electron chi connectivity index (χ2n) is 6.60. The SMILES string of the molecule is O=C(CCn1c(=O)oc2cc(Cl)ccc21)Nc1ccccc1N1CCCC1=O. The third-order valence-electron chi connectivity index (χ3n) is 4.74. The summed E-state index contributed by atoms with van der Waals surface area (Å²) in [6, 6.07) is 12.1. The highest BCUT2D eigenvalue weighted by Gasteiger charge is 2.24. The van der Waals surface area contributed by atoms with Crippen molar-refractivity contribution in [1.29, 1.82) is 0 Å². The molecular weight excluding hydrogens is 382 g/mol. The van der Waals surface area contributed by atoms with E-state index in [-0.39, 0.29) is 24.8 Å². The highest BCUT2D eigenvalue weighted by atomic mass is 35.5. The molecule has 2 amide bonds. The first-order valence-corrected chi connectivity index (χ1v) is 9.39. The van der Waals surface area contributed by atoms with E-state index < -0.39 is 5.76 Å². The van der Waals surface area contributed by atoms with Gasteiger partial charge in [0.25, 0.3) is 0 Å². The second kappa shape index (κ2) is 7.52. The zero-order chi connectivity index (χ0) is 19.7. The molecule has 3 aromatic rings. The molecule has 8 heteroatoms. The molecule has 0 atom stereocenters. The Labute approximate surface area is 165 Å². The fourth-order valence-electron chi connectivity index (χ4n) is 3.40. The molecule has 0 bridgehead atoms. The van der Waals surface area contributed by atoms with Gasteiger partial charge in [0.15, 0.2) is 5.58 Å². The van der Waals surface area contributed by atoms with Crippen LogP contribution < -0.4 is 16.0 Å². The number of hydrogen-bond acceptors (Lipinski definition) is 4. The first kappa shape index (κ1) is 18.3. The van der Waals surface area contributed by atoms with Gasteiger partial charge in [0.05, 0.1) is 16.9 Å². The molecule has 1 aliphatic rings. The minimum atomic E-state index is -0.534. The Hall–Kier alpha value is -3.06. The molecule has 0 unspecified atom stereocenters. The van der Waals surface area contributed by atoms with Gasteiger partial charge in [0.1, 0.15) is 0 Å². The van der Waals surface area contributed by atoms with Gasteiger partial charge in [-0.3, -0.25) is 14.2 Å². The van der Waals surface area contributed by atoms with Crippen LogP contribution in [0.3, 0.4) is 0 Å². The number of para-hydroxylation sites is 2. The number of nitrogens with one attached hydrogen (secondary N) is 1. The zero-order valence-corrected chi connectivity index (χ0v) is 15.7. The van der Waals surface area contributed by atoms with Crippen molar-refractivity contribution in [2.75, 3.05) is 16.8 Å². The van der Waals surface area contributed by atoms with Crippen molar-refractivity contribution in [2.24, 2.45) is 0 Å². The number of nitrogens with zero attached hydrogens (tertiary/aromatic N) is 2. The van der Waals surface area contributed by atoms with Gasteiger partial charge in [-0.05, 0) is 30.7 Å². The van der Waals surface area contributed by atoms with Crippen LogP contribution in [-0.4, -0.2) is 22.9 Å². The first-order chi connectivity index (χ1) is 13.5. The molecule has 1 aromatic heterocycles. The number of carbonyl (C=O) groups excluding carboxylic acids is 2. The number of carbonyl (C=O) groups is 2. The zero-order valence-electron chi connectivity index (χ0n) is 15.0. The van der Waals surface area contributed by atoms with Gasteiger partial charge in [-0.25, -0.2) is 4.79 Å². The summed E-state index contributed by atoms with van der Waals surface area (Å²) in [5.41, 5.74) is 2.25. The summed E-state index contributed by atoms with van der Waals surface area (Å²) in [6.45, 7) is 0.814. The number of rotatable bonds is 5. The van der Waals surface area contributed by atoms with Crippen molar-refractivity contribution in [2.45, 2.75) is 25.8 Å². The molecule has 2 aromatic carbocycles. The Bertz CT molecular complexity index is 1120. The van der Waals surface area contributed by atoms with Gasteiger partial charge in [0, 0.05) is 37.0 Å². The van der Waals surface area contributed by atoms with Gasteiger partial charge in [0.2, 0.25) is 11.8 Å². The van der Waals surface area contributed by atoms with E-state index in [1.54, 1.807) is 35.2 Å². The van der Waals surface area contributed by atoms with Gasteiger partial charge in [-0.2, -0.15) is 0 Å². The molecule has 144 valence electrons. The number of amides is 2. The van der Waals surface area contributed by atoms with Crippen LogP contribution >= 0.6 is 11.6 Å². The number of benzene rings is 2. The summed E-state index contributed by atoms with van der Waals surface area (Å²) in [5, 5.41) is 3.32. The van der Waals surface area contributed by atoms with Crippen LogP contribution in [-0.2, 0) is 16.1 Å². The summed E-state index contributed by atoms with van der Waals surface area (Å²) < 4.78 is 6.58. The van der Waals surface area contributed by atoms with E-state index in [9.17, 15) is 14.4 Å². The van der Waals surface area contributed by atoms with Crippen molar-refractivity contribution in [1.82, 2.24) is 4.57 Å². The third-order valence-corrected chi connectivity index (χ3v) is 4.97. The molecule has 1 fully saturated rings. The van der Waals surface area contributed by atoms with Crippen molar-refractivity contribution in [3.8, 4) is 0 Å². The number of aromatic nitrogens is 1. The minimum absolute atomic E-state index is 0.0526. The lowest BCUT2D eigenvalue weighted by Gasteiger charge is -2.20. The summed E-state index contributed by atoms with van der Waals surface area (Å²) in [5.74, 6) is -0.737. The maximum Gasteiger partial charge on any atom is 0.419 e. The van der Waals surface area contributed by atoms with E-state index in [2.05, 4.69) is 5.32 Å². The average Bonchev–Trinajstić information content (AvgIpc) is 3.22. The van der Waals surface area contributed by atoms with Gasteiger partial charge in [-0.1, -0.05) is 23.7 Å². The fraction of sp³-hybridized carbons (Fsp3) is 0.250. The molecule has 1 saturated heterocycles. The van der Waals surface area contributed by atoms with Gasteiger partial charge < -0.3 is 14.6 Å². The minimum Gasteiger partial charge on any atom is -0.408 e. The Morgan fingerprint density at radius 3 is 2.79 bits per heavy atom. The Kier molecular flexibility index (Phi) is 4.92. The Balaban J connectivity index is 1.48. The molecule has 28 heavy (non-hydrogen) atoms. The maximum absolute atomic E-state index is 12.5. The lowest BCUT2D eigenvalue weighted by molar-refractivity contribution is -0.117. The molecule has 0 spiro atoms. The van der Waals surface area contributed by atoms with E-state index >= 15 is 0 Å². The maximum atomic E-state index is 12.5. The summed E-state index contributed by atoms with van der Waals surface area (Å²) in [7, 11) is 0. The van der Waals surface area contributed by atoms with E-state index in [1.807, 2.05) is 12.1 Å². The van der Waals surface area contributed by atoms with Crippen LogP contribution in [0.5, 0.6) is 0 Å². The average molecular weight is 400 g/mol. The van der Waals surface area contributed by atoms with Crippen LogP contribution in [0.15, 0.2) is 51.7 Å². The van der Waals surface area contributed by atoms with Gasteiger partial charge in [-0.15, -0.1) is 0 Å². The lowest BCUT2D eigenvalue weighted by atomic mass is 10.2. The summed E-state index contributed by atoms with van der Waals surface area (Å²) >= 11 is 5.91. The van der Waals surface area contributed by atoms with Crippen molar-refractivity contribution in [3.05, 3.63) is 58.0 Å². The monoisotopic (exact) mass is 399 g/mol. The van der Waals surface area contributed by atoms with E-state index in [0.29, 0.717) is 40.5 Å². The molecule has 0 radical (unpaired) electrons. The quantitative estimate of drug-likeness (QED) is 0.712. The molecular formula is C20H18ClN3O4. The highest BCUT2D eigenvalue weighted by Crippen LogP contribution is 2.29. The lowest BCUT2D eigenvalue weighted by Crippen LogP contribution is -2.26. The van der Waals surface area contributed by atoms with Crippen LogP contribution in [0, 0.1) is 0 Å². The van der Waals surface area contributed by atoms with Crippen molar-refractivity contribution >= 4 is 45.9 Å². The normalized spacial score (nSPS) is 14.0. The molecule has 4 rings (SSSR count). The van der Waals surface area contributed by atoms with Crippen molar-refractivity contribution in [3.63, 3.8) is 0 Å². The van der Waals surface area contributed by atoms with E-state index in [0.717, 1.165) is 6.42 Å². The molecule has 7 nitrogen and oxygen atoms in total. The predicted octanol–water partition coefficient (Wildman–Crippen LogP) is 3.40. The molecule has 0 aliphatic carbocycles. The van der Waals surface area contributed by atoms with Crippen molar-refractivity contribution < 1.29 is 14.0 Å². The van der Waals surface area contributed by atoms with Crippen LogP contribution in [0.2, 0.25) is 5.02 Å². The number of anilines is 2. The topological polar surface area (TPSA) is 84.5 Å². The Morgan fingerprint density at radius 2 is 2.00 bits per heavy atom. The molecule has 1 aliphatic heterocycles. The van der Waals surface area contributed by atoms with Gasteiger partial charge >= 0.3 is 5.76 Å². The standard InChI is InChI=1S/C20H18ClN3O4/c21-13-7-8-16-17(12-13)28-20(27)24(16)11-9-18(25)22-14-4-1-2-5-15(14)23-10-3-6-19(23)26/h1-2,4-5,7-8,12H,3,6,9-11H2,(H,22,25). The fourth-order valence-corrected chi connectivity index (χ4v) is 3.56. The smallest absolute Gasteiger partial charge is 0.408 e. The molecule has 0 saturated carbocycles. The van der Waals surface area contributed by atoms with E-state index in [4.69, 9.17) is 16.0 Å². The first-order valence-electron chi connectivity index (χ1n) is 9.01. The molecule has 2 heterocycles. The van der Waals surface area contributed by atoms with E-state index in [1.165, 1.54) is 4.57 Å². The number of oxazole rings is 1. The summed E-state index contributed by atoms with van der Waals surface area (Å²) in [4.78, 5) is 38.3. The highest BCUT2D eigenvalue weighted by molar-refractivity contribution is 6.31. The molecule has 1 N–H and O–H groups in total. The van der Waals surface area contributed by atoms with Crippen LogP contribution in [0.1, 0.15) is 19.3 Å². The predicted molar refractivity (Wildman–Crippen MR) is 107 cm³/mol. The Morgan fingerprint density at radius 1 is 1.18 bits per heavy atom. The number of aryl methyl sites for hydroxylation is 1. The second-order valence-corrected chi connectivity index (χ2v) is 7.03. The van der Waals surface area contributed by atoms with Crippen LogP contribution in [0.4, 0.5) is 11.4 Å². The number of halogens is 1. The largest absolute Gasteiger partial charge is 0.419 e. The van der Waals surface area contributed by atoms with Crippen LogP contribution in [0.25, 0.3) is 11.1 Å².